The van der Waals surface area contributed by atoms with Crippen molar-refractivity contribution >= 4 is 29.1 Å². The van der Waals surface area contributed by atoms with Crippen molar-refractivity contribution in [1.29, 1.82) is 0 Å². The number of benzene rings is 2. The van der Waals surface area contributed by atoms with Gasteiger partial charge in [0.25, 0.3) is 5.91 Å². The van der Waals surface area contributed by atoms with Gasteiger partial charge in [-0.3, -0.25) is 9.79 Å². The number of unbranched alkanes of at least 4 members (excludes halogenated alkanes) is 1. The van der Waals surface area contributed by atoms with Crippen LogP contribution in [0.4, 0.5) is 17.6 Å². The van der Waals surface area contributed by atoms with Gasteiger partial charge in [-0.05, 0) is 37.0 Å². The van der Waals surface area contributed by atoms with Crippen LogP contribution < -0.4 is 5.73 Å². The van der Waals surface area contributed by atoms with Crippen molar-refractivity contribution in [2.24, 2.45) is 15.7 Å². The molecule has 0 aliphatic heterocycles. The molecule has 5 nitrogen and oxygen atoms in total. The smallest absolute Gasteiger partial charge is 0.335 e. The zero-order valence-electron chi connectivity index (χ0n) is 20.4. The second-order valence-electron chi connectivity index (χ2n) is 8.37. The molecule has 0 radical (unpaired) electrons. The van der Waals surface area contributed by atoms with Crippen molar-refractivity contribution in [2.45, 2.75) is 64.1 Å². The summed E-state index contributed by atoms with van der Waals surface area (Å²) in [5.41, 5.74) is 8.50. The minimum absolute atomic E-state index is 0.0740. The van der Waals surface area contributed by atoms with Gasteiger partial charge in [0.05, 0.1) is 18.7 Å². The first kappa shape index (κ1) is 29.5. The summed E-state index contributed by atoms with van der Waals surface area (Å²) >= 11 is 5.85. The monoisotopic (exact) mass is 527 g/mol. The van der Waals surface area contributed by atoms with Gasteiger partial charge in [-0.15, -0.1) is 0 Å². The molecule has 1 fully saturated rings. The molecule has 3 rings (SSSR count). The van der Waals surface area contributed by atoms with Crippen LogP contribution in [0.2, 0.25) is 5.02 Å². The lowest BCUT2D eigenvalue weighted by Crippen LogP contribution is -2.63. The lowest BCUT2D eigenvalue weighted by molar-refractivity contribution is -0.342. The van der Waals surface area contributed by atoms with Crippen LogP contribution >= 0.6 is 11.6 Å². The molecule has 2 N–H and O–H groups in total. The molecule has 1 amide bonds. The van der Waals surface area contributed by atoms with Crippen LogP contribution in [-0.2, 0) is 16.1 Å². The summed E-state index contributed by atoms with van der Waals surface area (Å²) in [5, 5.41) is 0.370. The Hall–Kier alpha value is -2.78. The minimum atomic E-state index is -4.09. The molecule has 1 saturated carbocycles. The maximum absolute atomic E-state index is 13.0. The lowest BCUT2D eigenvalue weighted by Gasteiger charge is -2.43. The standard InChI is InChI=1S/C14H19N3O.C12H11ClF4O/c1-3-4-10-12(11-8-6-5-7-9-11)17-14(16-2)13(15)18;1-7-2-3-9(13)8(4-7)6-18-10-5-11(14,15)12(10,16)17/h5-9H,3-4,10H2,1-2H3,(H2,15,18);2-4,10H,5-6H2,1H3. The Morgan fingerprint density at radius 3 is 2.36 bits per heavy atom. The largest absolute Gasteiger partial charge is 0.367 e. The number of amidine groups is 1. The zero-order chi connectivity index (χ0) is 26.9. The van der Waals surface area contributed by atoms with E-state index in [1.807, 2.05) is 37.3 Å². The van der Waals surface area contributed by atoms with Gasteiger partial charge in [-0.2, -0.15) is 17.6 Å². The van der Waals surface area contributed by atoms with E-state index in [0.717, 1.165) is 36.1 Å². The zero-order valence-corrected chi connectivity index (χ0v) is 21.2. The Morgan fingerprint density at radius 1 is 1.17 bits per heavy atom. The van der Waals surface area contributed by atoms with Gasteiger partial charge in [0, 0.05) is 12.1 Å². The first-order chi connectivity index (χ1) is 16.9. The first-order valence-corrected chi connectivity index (χ1v) is 11.8. The van der Waals surface area contributed by atoms with Crippen molar-refractivity contribution in [3.8, 4) is 0 Å². The number of primary amides is 1. The molecular formula is C26H30ClF4N3O2. The average Bonchev–Trinajstić information content (AvgIpc) is 2.84. The van der Waals surface area contributed by atoms with Crippen molar-refractivity contribution in [3.63, 3.8) is 0 Å². The number of ether oxygens (including phenoxy) is 1. The molecule has 1 aliphatic carbocycles. The topological polar surface area (TPSA) is 77.0 Å². The Labute approximate surface area is 213 Å². The molecule has 0 saturated heterocycles. The van der Waals surface area contributed by atoms with Crippen LogP contribution in [0.5, 0.6) is 0 Å². The van der Waals surface area contributed by atoms with Crippen molar-refractivity contribution in [1.82, 2.24) is 0 Å². The molecule has 1 aliphatic rings. The highest BCUT2D eigenvalue weighted by Crippen LogP contribution is 2.52. The number of rotatable bonds is 7. The van der Waals surface area contributed by atoms with Crippen LogP contribution in [0.25, 0.3) is 0 Å². The molecule has 0 spiro atoms. The fourth-order valence-corrected chi connectivity index (χ4v) is 3.52. The highest BCUT2D eigenvalue weighted by Gasteiger charge is 2.72. The van der Waals surface area contributed by atoms with Crippen molar-refractivity contribution < 1.29 is 27.1 Å². The Bertz CT molecular complexity index is 1090. The number of nitrogens with zero attached hydrogens (tertiary/aromatic N) is 2. The summed E-state index contributed by atoms with van der Waals surface area (Å²) in [5.74, 6) is -8.58. The van der Waals surface area contributed by atoms with Gasteiger partial charge in [0.1, 0.15) is 6.10 Å². The summed E-state index contributed by atoms with van der Waals surface area (Å²) in [6.07, 6.45) is 0.199. The number of amides is 1. The van der Waals surface area contributed by atoms with Gasteiger partial charge in [0.2, 0.25) is 5.84 Å². The molecule has 2 aromatic carbocycles. The highest BCUT2D eigenvalue weighted by atomic mass is 35.5. The van der Waals surface area contributed by atoms with Gasteiger partial charge in [-0.25, -0.2) is 4.99 Å². The summed E-state index contributed by atoms with van der Waals surface area (Å²) in [6, 6.07) is 14.8. The minimum Gasteiger partial charge on any atom is -0.367 e. The molecule has 0 bridgehead atoms. The maximum Gasteiger partial charge on any atom is 0.335 e. The average molecular weight is 528 g/mol. The number of aryl methyl sites for hydroxylation is 1. The van der Waals surface area contributed by atoms with E-state index in [-0.39, 0.29) is 12.4 Å². The molecule has 1 atom stereocenters. The predicted octanol–water partition coefficient (Wildman–Crippen LogP) is 6.39. The molecule has 196 valence electrons. The van der Waals surface area contributed by atoms with Gasteiger partial charge < -0.3 is 10.5 Å². The quantitative estimate of drug-likeness (QED) is 0.257. The van der Waals surface area contributed by atoms with Gasteiger partial charge in [-0.1, -0.05) is 73.0 Å². The van der Waals surface area contributed by atoms with E-state index >= 15 is 0 Å². The number of carbonyl (C=O) groups is 1. The predicted molar refractivity (Wildman–Crippen MR) is 134 cm³/mol. The Kier molecular flexibility index (Phi) is 10.6. The molecule has 36 heavy (non-hydrogen) atoms. The maximum atomic E-state index is 13.0. The van der Waals surface area contributed by atoms with E-state index in [0.29, 0.717) is 10.6 Å². The molecular weight excluding hydrogens is 498 g/mol. The van der Waals surface area contributed by atoms with Crippen LogP contribution in [0.3, 0.4) is 0 Å². The lowest BCUT2D eigenvalue weighted by atomic mass is 9.85. The summed E-state index contributed by atoms with van der Waals surface area (Å²) < 4.78 is 55.9. The number of nitrogens with two attached hydrogens (primary N) is 1. The SMILES string of the molecule is CCCCC(=NC(=NC)C(N)=O)c1ccccc1.Cc1ccc(Cl)c(COC2CC(F)(F)C2(F)F)c1. The van der Waals surface area contributed by atoms with Crippen LogP contribution in [0.15, 0.2) is 58.5 Å². The Morgan fingerprint density at radius 2 is 1.83 bits per heavy atom. The van der Waals surface area contributed by atoms with E-state index in [1.165, 1.54) is 7.05 Å². The van der Waals surface area contributed by atoms with E-state index in [9.17, 15) is 22.4 Å². The van der Waals surface area contributed by atoms with E-state index in [1.54, 1.807) is 18.2 Å². The molecule has 1 unspecified atom stereocenters. The van der Waals surface area contributed by atoms with E-state index < -0.39 is 30.3 Å². The first-order valence-electron chi connectivity index (χ1n) is 11.4. The second-order valence-corrected chi connectivity index (χ2v) is 8.77. The number of hydrogen-bond acceptors (Lipinski definition) is 3. The van der Waals surface area contributed by atoms with Crippen LogP contribution in [0, 0.1) is 6.92 Å². The second kappa shape index (κ2) is 13.0. The number of halogens is 5. The summed E-state index contributed by atoms with van der Waals surface area (Å²) in [4.78, 5) is 19.3. The number of alkyl halides is 4. The molecule has 0 aromatic heterocycles. The molecule has 0 heterocycles. The van der Waals surface area contributed by atoms with E-state index in [4.69, 9.17) is 22.1 Å². The summed E-state index contributed by atoms with van der Waals surface area (Å²) in [6.45, 7) is 3.73. The molecule has 2 aromatic rings. The third kappa shape index (κ3) is 7.61. The van der Waals surface area contributed by atoms with Crippen molar-refractivity contribution in [2.75, 3.05) is 7.05 Å². The Balaban J connectivity index is 0.000000254. The normalized spacial score (nSPS) is 18.6. The summed E-state index contributed by atoms with van der Waals surface area (Å²) in [7, 11) is 1.52. The van der Waals surface area contributed by atoms with Crippen LogP contribution in [-0.4, -0.2) is 42.5 Å². The van der Waals surface area contributed by atoms with E-state index in [2.05, 4.69) is 16.9 Å². The van der Waals surface area contributed by atoms with Gasteiger partial charge in [0.15, 0.2) is 0 Å². The van der Waals surface area contributed by atoms with Gasteiger partial charge >= 0.3 is 11.8 Å². The number of aliphatic imine (C=N–C) groups is 2. The van der Waals surface area contributed by atoms with Crippen LogP contribution in [0.1, 0.15) is 49.3 Å². The number of carbonyl (C=O) groups excluding carboxylic acids is 1. The fourth-order valence-electron chi connectivity index (χ4n) is 3.35. The third-order valence-corrected chi connectivity index (χ3v) is 5.89. The molecule has 10 heteroatoms. The van der Waals surface area contributed by atoms with Crippen molar-refractivity contribution in [3.05, 3.63) is 70.2 Å². The highest BCUT2D eigenvalue weighted by molar-refractivity contribution is 6.39. The number of hydrogen-bond donors (Lipinski definition) is 1. The fraction of sp³-hybridized carbons (Fsp3) is 0.423. The third-order valence-electron chi connectivity index (χ3n) is 5.52.